The first-order valence-corrected chi connectivity index (χ1v) is 7.09. The number of benzene rings is 1. The summed E-state index contributed by atoms with van der Waals surface area (Å²) < 4.78 is 7.75. The first-order chi connectivity index (χ1) is 9.13. The summed E-state index contributed by atoms with van der Waals surface area (Å²) in [5.41, 5.74) is 0.708. The lowest BCUT2D eigenvalue weighted by atomic mass is 10.3. The summed E-state index contributed by atoms with van der Waals surface area (Å²) >= 11 is 15.6. The molecule has 0 aliphatic carbocycles. The van der Waals surface area contributed by atoms with E-state index >= 15 is 0 Å². The number of nitrogens with one attached hydrogen (secondary N) is 1. The van der Waals surface area contributed by atoms with Crippen LogP contribution in [0.1, 0.15) is 0 Å². The first kappa shape index (κ1) is 14.7. The quantitative estimate of drug-likeness (QED) is 0.802. The summed E-state index contributed by atoms with van der Waals surface area (Å²) in [7, 11) is 1.66. The number of ether oxygens (including phenoxy) is 1. The second-order valence-electron chi connectivity index (χ2n) is 3.78. The number of aromatic nitrogens is 2. The van der Waals surface area contributed by atoms with Crippen molar-refractivity contribution in [3.8, 4) is 0 Å². The van der Waals surface area contributed by atoms with Crippen molar-refractivity contribution in [2.75, 3.05) is 19.0 Å². The monoisotopic (exact) mass is 363 g/mol. The van der Waals surface area contributed by atoms with E-state index in [-0.39, 0.29) is 0 Å². The molecule has 1 aromatic carbocycles. The predicted octanol–water partition coefficient (Wildman–Crippen LogP) is 4.34. The molecule has 0 spiro atoms. The highest BCUT2D eigenvalue weighted by molar-refractivity contribution is 9.10. The smallest absolute Gasteiger partial charge is 0.207 e. The normalized spacial score (nSPS) is 10.7. The Bertz CT molecular complexity index is 574. The predicted molar refractivity (Wildman–Crippen MR) is 81.5 cm³/mol. The van der Waals surface area contributed by atoms with Gasteiger partial charge < -0.3 is 14.6 Å². The van der Waals surface area contributed by atoms with E-state index < -0.39 is 0 Å². The minimum atomic E-state index is 0.456. The van der Waals surface area contributed by atoms with Crippen molar-refractivity contribution in [3.05, 3.63) is 39.0 Å². The van der Waals surface area contributed by atoms with Crippen LogP contribution in [0.5, 0.6) is 0 Å². The Morgan fingerprint density at radius 1 is 1.37 bits per heavy atom. The third-order valence-corrected chi connectivity index (χ3v) is 4.30. The average Bonchev–Trinajstić information content (AvgIpc) is 2.84. The van der Waals surface area contributed by atoms with Gasteiger partial charge in [-0.15, -0.1) is 0 Å². The fourth-order valence-corrected chi connectivity index (χ4v) is 2.37. The molecule has 1 N–H and O–H groups in total. The van der Waals surface area contributed by atoms with Gasteiger partial charge in [0.05, 0.1) is 22.3 Å². The van der Waals surface area contributed by atoms with Crippen molar-refractivity contribution >= 4 is 50.8 Å². The molecule has 1 aromatic heterocycles. The molecule has 0 aliphatic heterocycles. The zero-order valence-electron chi connectivity index (χ0n) is 10.2. The van der Waals surface area contributed by atoms with Gasteiger partial charge in [-0.2, -0.15) is 0 Å². The highest BCUT2D eigenvalue weighted by Gasteiger charge is 2.10. The van der Waals surface area contributed by atoms with E-state index in [0.717, 1.165) is 4.47 Å². The zero-order valence-corrected chi connectivity index (χ0v) is 13.3. The Morgan fingerprint density at radius 2 is 2.16 bits per heavy atom. The fourth-order valence-electron chi connectivity index (χ4n) is 1.55. The molecule has 2 rings (SSSR count). The molecule has 4 nitrogen and oxygen atoms in total. The maximum absolute atomic E-state index is 6.19. The summed E-state index contributed by atoms with van der Waals surface area (Å²) in [6.45, 7) is 1.32. The van der Waals surface area contributed by atoms with Gasteiger partial charge in [0.15, 0.2) is 0 Å². The van der Waals surface area contributed by atoms with Crippen LogP contribution in [0.4, 0.5) is 11.6 Å². The van der Waals surface area contributed by atoms with Gasteiger partial charge in [0, 0.05) is 30.5 Å². The van der Waals surface area contributed by atoms with E-state index in [4.69, 9.17) is 27.9 Å². The van der Waals surface area contributed by atoms with E-state index in [1.165, 1.54) is 0 Å². The van der Waals surface area contributed by atoms with Gasteiger partial charge in [-0.1, -0.05) is 23.2 Å². The van der Waals surface area contributed by atoms with E-state index in [9.17, 15) is 0 Å². The van der Waals surface area contributed by atoms with Gasteiger partial charge in [0.25, 0.3) is 0 Å². The molecule has 0 aliphatic rings. The van der Waals surface area contributed by atoms with Gasteiger partial charge in [-0.3, -0.25) is 0 Å². The molecule has 0 fully saturated rings. The Kier molecular flexibility index (Phi) is 5.10. The van der Waals surface area contributed by atoms with Crippen LogP contribution in [0, 0.1) is 0 Å². The number of methoxy groups -OCH3 is 1. The van der Waals surface area contributed by atoms with Crippen LogP contribution in [-0.4, -0.2) is 23.3 Å². The third-order valence-electron chi connectivity index (χ3n) is 2.53. The van der Waals surface area contributed by atoms with Crippen molar-refractivity contribution < 1.29 is 4.74 Å². The molecular weight excluding hydrogens is 353 g/mol. The number of imidazole rings is 1. The van der Waals surface area contributed by atoms with Crippen LogP contribution in [0.15, 0.2) is 29.0 Å². The first-order valence-electron chi connectivity index (χ1n) is 5.54. The highest BCUT2D eigenvalue weighted by Crippen LogP contribution is 2.36. The van der Waals surface area contributed by atoms with Gasteiger partial charge in [-0.25, -0.2) is 4.98 Å². The lowest BCUT2D eigenvalue weighted by Gasteiger charge is -2.12. The molecule has 0 saturated heterocycles. The Labute approximate surface area is 129 Å². The molecule has 1 heterocycles. The third kappa shape index (κ3) is 3.42. The number of hydrogen-bond donors (Lipinski definition) is 1. The fraction of sp³-hybridized carbons (Fsp3) is 0.250. The van der Waals surface area contributed by atoms with Crippen molar-refractivity contribution in [3.63, 3.8) is 0 Å². The van der Waals surface area contributed by atoms with Gasteiger partial charge in [-0.05, 0) is 28.1 Å². The topological polar surface area (TPSA) is 39.1 Å². The molecule has 102 valence electrons. The Balaban J connectivity index is 2.22. The minimum Gasteiger partial charge on any atom is -0.383 e. The van der Waals surface area contributed by atoms with Crippen LogP contribution in [0.25, 0.3) is 0 Å². The lowest BCUT2D eigenvalue weighted by molar-refractivity contribution is 0.188. The second-order valence-corrected chi connectivity index (χ2v) is 5.40. The van der Waals surface area contributed by atoms with Crippen molar-refractivity contribution in [2.45, 2.75) is 6.54 Å². The van der Waals surface area contributed by atoms with Crippen LogP contribution >= 0.6 is 39.1 Å². The number of anilines is 2. The number of hydrogen-bond acceptors (Lipinski definition) is 3. The molecule has 7 heteroatoms. The van der Waals surface area contributed by atoms with Crippen LogP contribution in [-0.2, 0) is 11.3 Å². The van der Waals surface area contributed by atoms with E-state index in [1.807, 2.05) is 22.9 Å². The van der Waals surface area contributed by atoms with Crippen molar-refractivity contribution in [1.29, 1.82) is 0 Å². The lowest BCUT2D eigenvalue weighted by Crippen LogP contribution is -2.07. The molecule has 19 heavy (non-hydrogen) atoms. The maximum atomic E-state index is 6.19. The van der Waals surface area contributed by atoms with E-state index in [0.29, 0.717) is 34.8 Å². The van der Waals surface area contributed by atoms with Gasteiger partial charge in [0.2, 0.25) is 5.95 Å². The molecular formula is C12H12BrCl2N3O. The number of rotatable bonds is 5. The molecule has 0 atom stereocenters. The molecule has 0 amide bonds. The average molecular weight is 365 g/mol. The summed E-state index contributed by atoms with van der Waals surface area (Å²) in [5, 5.41) is 4.09. The molecule has 0 radical (unpaired) electrons. The molecule has 0 unspecified atom stereocenters. The zero-order chi connectivity index (χ0) is 13.8. The standard InChI is InChI=1S/C12H12BrCl2N3O/c1-19-7-6-18-5-4-16-12(18)17-9-3-2-8(13)10(14)11(9)15/h2-5H,6-7H2,1H3,(H,16,17). The van der Waals surface area contributed by atoms with Gasteiger partial charge >= 0.3 is 0 Å². The SMILES string of the molecule is COCCn1ccnc1Nc1ccc(Br)c(Cl)c1Cl. The largest absolute Gasteiger partial charge is 0.383 e. The van der Waals surface area contributed by atoms with E-state index in [1.54, 1.807) is 13.3 Å². The summed E-state index contributed by atoms with van der Waals surface area (Å²) in [5.74, 6) is 0.692. The highest BCUT2D eigenvalue weighted by atomic mass is 79.9. The summed E-state index contributed by atoms with van der Waals surface area (Å²) in [6.07, 6.45) is 3.59. The Morgan fingerprint density at radius 3 is 2.89 bits per heavy atom. The Hall–Kier alpha value is -0.750. The van der Waals surface area contributed by atoms with Crippen LogP contribution in [0.2, 0.25) is 10.0 Å². The van der Waals surface area contributed by atoms with Gasteiger partial charge in [0.1, 0.15) is 0 Å². The van der Waals surface area contributed by atoms with Crippen LogP contribution in [0.3, 0.4) is 0 Å². The van der Waals surface area contributed by atoms with Crippen molar-refractivity contribution in [2.24, 2.45) is 0 Å². The summed E-state index contributed by atoms with van der Waals surface area (Å²) in [4.78, 5) is 4.24. The molecule has 2 aromatic rings. The minimum absolute atomic E-state index is 0.456. The van der Waals surface area contributed by atoms with E-state index in [2.05, 4.69) is 26.2 Å². The molecule has 0 saturated carbocycles. The maximum Gasteiger partial charge on any atom is 0.207 e. The number of halogens is 3. The number of nitrogens with zero attached hydrogens (tertiary/aromatic N) is 2. The summed E-state index contributed by atoms with van der Waals surface area (Å²) in [6, 6.07) is 3.67. The van der Waals surface area contributed by atoms with Crippen molar-refractivity contribution in [1.82, 2.24) is 9.55 Å². The molecule has 0 bridgehead atoms. The van der Waals surface area contributed by atoms with Crippen LogP contribution < -0.4 is 5.32 Å². The second kappa shape index (κ2) is 6.61.